The highest BCUT2D eigenvalue weighted by molar-refractivity contribution is 9.10. The Morgan fingerprint density at radius 3 is 2.06 bits per heavy atom. The van der Waals surface area contributed by atoms with Gasteiger partial charge in [-0.15, -0.1) is 0 Å². The first-order valence-corrected chi connectivity index (χ1v) is 7.40. The van der Waals surface area contributed by atoms with Gasteiger partial charge in [0.1, 0.15) is 0 Å². The van der Waals surface area contributed by atoms with Crippen LogP contribution in [0.4, 0.5) is 0 Å². The van der Waals surface area contributed by atoms with Crippen molar-refractivity contribution in [1.29, 1.82) is 0 Å². The molecule has 1 nitrogen and oxygen atoms in total. The van der Waals surface area contributed by atoms with Gasteiger partial charge in [0.15, 0.2) is 5.78 Å². The molecule has 1 aromatic rings. The number of rotatable bonds is 4. The smallest absolute Gasteiger partial charge is 0.152 e. The summed E-state index contributed by atoms with van der Waals surface area (Å²) in [4.78, 5) is 12.0. The Morgan fingerprint density at radius 1 is 1.17 bits per heavy atom. The molecule has 0 aliphatic heterocycles. The minimum atomic E-state index is -0.286. The third-order valence-corrected chi connectivity index (χ3v) is 3.82. The number of benzene rings is 1. The molecule has 0 saturated carbocycles. The summed E-state index contributed by atoms with van der Waals surface area (Å²) in [6.07, 6.45) is 0.758. The van der Waals surface area contributed by atoms with E-state index in [1.54, 1.807) is 0 Å². The molecule has 0 aliphatic rings. The first-order valence-electron chi connectivity index (χ1n) is 6.49. The Hall–Kier alpha value is -0.630. The summed E-state index contributed by atoms with van der Waals surface area (Å²) in [5.41, 5.74) is 2.26. The Morgan fingerprint density at radius 2 is 1.67 bits per heavy atom. The van der Waals surface area contributed by atoms with Crippen LogP contribution in [0.1, 0.15) is 51.7 Å². The van der Waals surface area contributed by atoms with Crippen molar-refractivity contribution in [3.8, 4) is 0 Å². The van der Waals surface area contributed by atoms with Gasteiger partial charge in [-0.3, -0.25) is 4.79 Å². The quantitative estimate of drug-likeness (QED) is 0.735. The predicted molar refractivity (Wildman–Crippen MR) is 81.4 cm³/mol. The molecule has 100 valence electrons. The normalized spacial score (nSPS) is 13.7. The van der Waals surface area contributed by atoms with Gasteiger partial charge in [-0.25, -0.2) is 0 Å². The van der Waals surface area contributed by atoms with Gasteiger partial charge >= 0.3 is 0 Å². The highest BCUT2D eigenvalue weighted by atomic mass is 79.9. The molecule has 0 amide bonds. The van der Waals surface area contributed by atoms with E-state index in [0.29, 0.717) is 5.92 Å². The standard InChI is InChI=1S/C16H23BrO/c1-11(2)13-8-6-12(7-9-13)10-14(17)15(18)16(3,4)5/h6-9,11,14H,10H2,1-5H3. The van der Waals surface area contributed by atoms with Gasteiger partial charge in [0.25, 0.3) is 0 Å². The van der Waals surface area contributed by atoms with E-state index in [1.165, 1.54) is 11.1 Å². The van der Waals surface area contributed by atoms with Gasteiger partial charge in [0, 0.05) is 5.41 Å². The molecular formula is C16H23BrO. The molecule has 1 aromatic carbocycles. The summed E-state index contributed by atoms with van der Waals surface area (Å²) in [7, 11) is 0. The Kier molecular flexibility index (Phi) is 5.15. The van der Waals surface area contributed by atoms with Crippen molar-refractivity contribution >= 4 is 21.7 Å². The molecule has 0 aromatic heterocycles. The van der Waals surface area contributed by atoms with E-state index in [1.807, 2.05) is 20.8 Å². The molecule has 1 atom stereocenters. The lowest BCUT2D eigenvalue weighted by molar-refractivity contribution is -0.125. The van der Waals surface area contributed by atoms with Crippen molar-refractivity contribution in [2.45, 2.75) is 51.8 Å². The topological polar surface area (TPSA) is 17.1 Å². The second-order valence-electron chi connectivity index (χ2n) is 6.18. The molecule has 0 aliphatic carbocycles. The zero-order chi connectivity index (χ0) is 13.9. The predicted octanol–water partition coefficient (Wildman–Crippen LogP) is 4.73. The number of hydrogen-bond donors (Lipinski definition) is 0. The summed E-state index contributed by atoms with van der Waals surface area (Å²) in [6.45, 7) is 10.3. The number of hydrogen-bond acceptors (Lipinski definition) is 1. The van der Waals surface area contributed by atoms with E-state index in [2.05, 4.69) is 54.0 Å². The lowest BCUT2D eigenvalue weighted by Crippen LogP contribution is -2.29. The molecule has 0 spiro atoms. The Labute approximate surface area is 119 Å². The molecule has 1 rings (SSSR count). The van der Waals surface area contributed by atoms with Gasteiger partial charge < -0.3 is 0 Å². The Bertz CT molecular complexity index is 398. The lowest BCUT2D eigenvalue weighted by Gasteiger charge is -2.20. The van der Waals surface area contributed by atoms with Gasteiger partial charge in [-0.1, -0.05) is 74.8 Å². The third kappa shape index (κ3) is 4.24. The highest BCUT2D eigenvalue weighted by Crippen LogP contribution is 2.24. The van der Waals surface area contributed by atoms with Crippen molar-refractivity contribution in [3.63, 3.8) is 0 Å². The molecule has 18 heavy (non-hydrogen) atoms. The maximum atomic E-state index is 12.1. The summed E-state index contributed by atoms with van der Waals surface area (Å²) in [6, 6.07) is 8.56. The number of alkyl halides is 1. The maximum absolute atomic E-state index is 12.1. The molecule has 0 radical (unpaired) electrons. The van der Waals surface area contributed by atoms with Gasteiger partial charge in [-0.2, -0.15) is 0 Å². The van der Waals surface area contributed by atoms with Crippen LogP contribution >= 0.6 is 15.9 Å². The van der Waals surface area contributed by atoms with Crippen molar-refractivity contribution < 1.29 is 4.79 Å². The summed E-state index contributed by atoms with van der Waals surface area (Å²) < 4.78 is 0. The number of halogens is 1. The van der Waals surface area contributed by atoms with Gasteiger partial charge in [0.2, 0.25) is 0 Å². The average Bonchev–Trinajstić information content (AvgIpc) is 2.27. The average molecular weight is 311 g/mol. The monoisotopic (exact) mass is 310 g/mol. The number of carbonyl (C=O) groups excluding carboxylic acids is 1. The number of ketones is 1. The number of carbonyl (C=O) groups is 1. The van der Waals surface area contributed by atoms with Gasteiger partial charge in [0.05, 0.1) is 4.83 Å². The molecular weight excluding hydrogens is 288 g/mol. The van der Waals surface area contributed by atoms with Crippen LogP contribution in [0.2, 0.25) is 0 Å². The molecule has 0 bridgehead atoms. The first kappa shape index (κ1) is 15.4. The van der Waals surface area contributed by atoms with Crippen molar-refractivity contribution in [2.75, 3.05) is 0 Å². The fourth-order valence-electron chi connectivity index (χ4n) is 1.81. The van der Waals surface area contributed by atoms with E-state index in [0.717, 1.165) is 6.42 Å². The third-order valence-electron chi connectivity index (χ3n) is 3.08. The van der Waals surface area contributed by atoms with E-state index >= 15 is 0 Å². The largest absolute Gasteiger partial charge is 0.298 e. The first-order chi connectivity index (χ1) is 8.21. The molecule has 2 heteroatoms. The van der Waals surface area contributed by atoms with Crippen LogP contribution in [0.5, 0.6) is 0 Å². The van der Waals surface area contributed by atoms with Crippen LogP contribution in [0.3, 0.4) is 0 Å². The van der Waals surface area contributed by atoms with E-state index in [-0.39, 0.29) is 16.0 Å². The number of Topliss-reactive ketones (excluding diaryl/α,β-unsaturated/α-hetero) is 1. The van der Waals surface area contributed by atoms with E-state index in [4.69, 9.17) is 0 Å². The van der Waals surface area contributed by atoms with Crippen LogP contribution in [-0.4, -0.2) is 10.6 Å². The highest BCUT2D eigenvalue weighted by Gasteiger charge is 2.27. The minimum Gasteiger partial charge on any atom is -0.298 e. The Balaban J connectivity index is 2.71. The van der Waals surface area contributed by atoms with Crippen LogP contribution in [0.15, 0.2) is 24.3 Å². The van der Waals surface area contributed by atoms with E-state index < -0.39 is 0 Å². The molecule has 0 fully saturated rings. The molecule has 0 heterocycles. The fraction of sp³-hybridized carbons (Fsp3) is 0.562. The molecule has 1 unspecified atom stereocenters. The minimum absolute atomic E-state index is 0.0950. The second-order valence-corrected chi connectivity index (χ2v) is 7.29. The van der Waals surface area contributed by atoms with Crippen LogP contribution in [0, 0.1) is 5.41 Å². The molecule has 0 N–H and O–H groups in total. The zero-order valence-electron chi connectivity index (χ0n) is 12.0. The summed E-state index contributed by atoms with van der Waals surface area (Å²) in [5.74, 6) is 0.811. The summed E-state index contributed by atoms with van der Waals surface area (Å²) in [5, 5.41) is 0. The van der Waals surface area contributed by atoms with Crippen molar-refractivity contribution in [3.05, 3.63) is 35.4 Å². The van der Waals surface area contributed by atoms with Crippen molar-refractivity contribution in [2.24, 2.45) is 5.41 Å². The maximum Gasteiger partial charge on any atom is 0.152 e. The van der Waals surface area contributed by atoms with Crippen LogP contribution in [0.25, 0.3) is 0 Å². The lowest BCUT2D eigenvalue weighted by atomic mass is 9.87. The van der Waals surface area contributed by atoms with Crippen molar-refractivity contribution in [1.82, 2.24) is 0 Å². The second kappa shape index (κ2) is 6.01. The van der Waals surface area contributed by atoms with E-state index in [9.17, 15) is 4.79 Å². The van der Waals surface area contributed by atoms with Crippen LogP contribution < -0.4 is 0 Å². The fourth-order valence-corrected chi connectivity index (χ4v) is 2.87. The van der Waals surface area contributed by atoms with Crippen LogP contribution in [-0.2, 0) is 11.2 Å². The summed E-state index contributed by atoms with van der Waals surface area (Å²) >= 11 is 3.51. The SMILES string of the molecule is CC(C)c1ccc(CC(Br)C(=O)C(C)(C)C)cc1. The molecule has 0 saturated heterocycles. The van der Waals surface area contributed by atoms with Gasteiger partial charge in [-0.05, 0) is 23.5 Å². The zero-order valence-corrected chi connectivity index (χ0v) is 13.5.